The molecule has 3 heterocycles. The fourth-order valence-corrected chi connectivity index (χ4v) is 9.88. The third-order valence-corrected chi connectivity index (χ3v) is 11.6. The Morgan fingerprint density at radius 1 is 1.06 bits per heavy atom. The predicted octanol–water partition coefficient (Wildman–Crippen LogP) is 4.34. The van der Waals surface area contributed by atoms with Gasteiger partial charge in [-0.3, -0.25) is 4.98 Å². The van der Waals surface area contributed by atoms with Crippen LogP contribution in [0.3, 0.4) is 0 Å². The Hall–Kier alpha value is -2.05. The van der Waals surface area contributed by atoms with Gasteiger partial charge in [-0.1, -0.05) is 31.2 Å². The van der Waals surface area contributed by atoms with Crippen molar-refractivity contribution in [3.05, 3.63) is 59.9 Å². The maximum Gasteiger partial charge on any atom is 0.0961 e. The number of ether oxygens (including phenoxy) is 1. The van der Waals surface area contributed by atoms with Crippen LogP contribution in [0.1, 0.15) is 51.0 Å². The number of hydrogen-bond acceptors (Lipinski definition) is 5. The fourth-order valence-electron chi connectivity index (χ4n) is 9.88. The third-order valence-electron chi connectivity index (χ3n) is 11.6. The zero-order valence-electron chi connectivity index (χ0n) is 21.4. The molecule has 9 unspecified atom stereocenters. The van der Waals surface area contributed by atoms with Gasteiger partial charge in [0.05, 0.1) is 23.4 Å². The molecule has 188 valence electrons. The van der Waals surface area contributed by atoms with Crippen molar-refractivity contribution in [2.24, 2.45) is 22.7 Å². The minimum absolute atomic E-state index is 0.0262. The highest BCUT2D eigenvalue weighted by molar-refractivity contribution is 5.87. The number of aliphatic hydroxyl groups excluding tert-OH is 2. The van der Waals surface area contributed by atoms with Gasteiger partial charge in [0, 0.05) is 40.6 Å². The first-order valence-electron chi connectivity index (χ1n) is 13.7. The van der Waals surface area contributed by atoms with E-state index >= 15 is 0 Å². The van der Waals surface area contributed by atoms with Crippen molar-refractivity contribution >= 4 is 16.3 Å². The Morgan fingerprint density at radius 2 is 1.92 bits per heavy atom. The van der Waals surface area contributed by atoms with Crippen molar-refractivity contribution in [3.8, 4) is 0 Å². The van der Waals surface area contributed by atoms with Crippen molar-refractivity contribution < 1.29 is 14.9 Å². The van der Waals surface area contributed by atoms with Crippen molar-refractivity contribution in [2.45, 2.75) is 74.9 Å². The van der Waals surface area contributed by atoms with Crippen LogP contribution in [-0.2, 0) is 4.74 Å². The Balaban J connectivity index is 1.21. The lowest BCUT2D eigenvalue weighted by molar-refractivity contribution is -0.248. The van der Waals surface area contributed by atoms with Gasteiger partial charge < -0.3 is 19.8 Å². The van der Waals surface area contributed by atoms with E-state index in [4.69, 9.17) is 4.74 Å². The summed E-state index contributed by atoms with van der Waals surface area (Å²) in [6, 6.07) is 8.83. The molecule has 2 aromatic rings. The second kappa shape index (κ2) is 6.68. The molecule has 2 saturated carbocycles. The topological polar surface area (TPSA) is 65.8 Å². The molecule has 2 aliphatic heterocycles. The summed E-state index contributed by atoms with van der Waals surface area (Å²) >= 11 is 0. The van der Waals surface area contributed by atoms with Crippen LogP contribution in [0.25, 0.3) is 16.3 Å². The van der Waals surface area contributed by atoms with Crippen LogP contribution >= 0.6 is 0 Å². The number of fused-ring (bicyclic) bond motifs is 3. The second-order valence-corrected chi connectivity index (χ2v) is 13.1. The zero-order chi connectivity index (χ0) is 24.7. The molecule has 2 N–H and O–H groups in total. The highest BCUT2D eigenvalue weighted by Crippen LogP contribution is 2.81. The largest absolute Gasteiger partial charge is 0.390 e. The Labute approximate surface area is 212 Å². The van der Waals surface area contributed by atoms with Crippen LogP contribution < -0.4 is 0 Å². The summed E-state index contributed by atoms with van der Waals surface area (Å²) < 4.78 is 7.45. The number of pyridine rings is 1. The standard InChI is InChI=1S/C31H36N2O3/c1-28-10-8-22-23-15-30(23)27(35)26(34)24(33(2)3)16-29(30)11-12-31(22,36-29)25(28)7-6-21(28)19-4-5-20-17-32-13-9-18(20)14-19/h4-6,8-9,13-14,17,23-27,34-35H,7,10-12,15-16H2,1-3H3. The average molecular weight is 485 g/mol. The van der Waals surface area contributed by atoms with E-state index in [0.29, 0.717) is 11.8 Å². The molecule has 2 saturated heterocycles. The van der Waals surface area contributed by atoms with Crippen LogP contribution in [0.2, 0.25) is 0 Å². The first-order valence-corrected chi connectivity index (χ1v) is 13.7. The molecule has 4 aliphatic carbocycles. The number of rotatable bonds is 2. The zero-order valence-corrected chi connectivity index (χ0v) is 21.4. The van der Waals surface area contributed by atoms with Crippen LogP contribution in [0.5, 0.6) is 0 Å². The van der Waals surface area contributed by atoms with Gasteiger partial charge in [-0.05, 0) is 92.8 Å². The molecular formula is C31H36N2O3. The number of hydrogen-bond donors (Lipinski definition) is 2. The fraction of sp³-hybridized carbons (Fsp3) is 0.581. The van der Waals surface area contributed by atoms with E-state index in [9.17, 15) is 10.2 Å². The molecule has 8 rings (SSSR count). The predicted molar refractivity (Wildman–Crippen MR) is 139 cm³/mol. The summed E-state index contributed by atoms with van der Waals surface area (Å²) in [6.45, 7) is 2.46. The van der Waals surface area contributed by atoms with E-state index in [-0.39, 0.29) is 28.1 Å². The van der Waals surface area contributed by atoms with E-state index in [2.05, 4.69) is 53.2 Å². The molecule has 3 spiro atoms. The number of aliphatic hydroxyl groups is 2. The average Bonchev–Trinajstić information content (AvgIpc) is 3.40. The Kier molecular flexibility index (Phi) is 4.08. The van der Waals surface area contributed by atoms with Gasteiger partial charge in [-0.15, -0.1) is 0 Å². The molecule has 4 fully saturated rings. The SMILES string of the molecule is CN(C)C1CC23CCC4(O2)C(=CCC2(C)C(c5ccc6cnccc6c5)=CCC24)C2CC23C(O)C1O. The van der Waals surface area contributed by atoms with Crippen LogP contribution in [0.4, 0.5) is 0 Å². The van der Waals surface area contributed by atoms with Crippen LogP contribution in [0.15, 0.2) is 54.4 Å². The van der Waals surface area contributed by atoms with Gasteiger partial charge in [0.25, 0.3) is 0 Å². The van der Waals surface area contributed by atoms with E-state index in [1.54, 1.807) is 0 Å². The molecule has 5 nitrogen and oxygen atoms in total. The van der Waals surface area contributed by atoms with Crippen molar-refractivity contribution in [2.75, 3.05) is 14.1 Å². The number of nitrogens with zero attached hydrogens (tertiary/aromatic N) is 2. The lowest BCUT2D eigenvalue weighted by Gasteiger charge is -2.59. The Morgan fingerprint density at radius 3 is 2.75 bits per heavy atom. The minimum atomic E-state index is -0.724. The third kappa shape index (κ3) is 2.32. The molecule has 0 radical (unpaired) electrons. The van der Waals surface area contributed by atoms with Gasteiger partial charge in [0.1, 0.15) is 0 Å². The van der Waals surface area contributed by atoms with Gasteiger partial charge in [0.15, 0.2) is 0 Å². The van der Waals surface area contributed by atoms with Gasteiger partial charge in [-0.25, -0.2) is 0 Å². The molecule has 5 heteroatoms. The van der Waals surface area contributed by atoms with Crippen molar-refractivity contribution in [1.29, 1.82) is 0 Å². The number of likely N-dealkylation sites (N-methyl/N-ethyl adjacent to an activating group) is 1. The van der Waals surface area contributed by atoms with E-state index in [1.165, 1.54) is 27.5 Å². The quantitative estimate of drug-likeness (QED) is 0.621. The lowest BCUT2D eigenvalue weighted by atomic mass is 9.57. The number of benzene rings is 1. The molecule has 2 bridgehead atoms. The highest BCUT2D eigenvalue weighted by Gasteiger charge is 2.84. The first-order chi connectivity index (χ1) is 17.3. The molecule has 6 aliphatic rings. The van der Waals surface area contributed by atoms with Crippen LogP contribution in [-0.4, -0.2) is 63.6 Å². The normalized spacial score (nSPS) is 48.1. The number of allylic oxidation sites excluding steroid dienone is 3. The van der Waals surface area contributed by atoms with E-state index in [1.807, 2.05) is 26.5 Å². The maximum atomic E-state index is 11.5. The molecule has 36 heavy (non-hydrogen) atoms. The summed E-state index contributed by atoms with van der Waals surface area (Å²) in [5, 5.41) is 25.0. The smallest absolute Gasteiger partial charge is 0.0961 e. The lowest BCUT2D eigenvalue weighted by Crippen LogP contribution is -2.67. The maximum absolute atomic E-state index is 11.5. The van der Waals surface area contributed by atoms with E-state index < -0.39 is 12.2 Å². The van der Waals surface area contributed by atoms with E-state index in [0.717, 1.165) is 38.5 Å². The second-order valence-electron chi connectivity index (χ2n) is 13.1. The van der Waals surface area contributed by atoms with Crippen molar-refractivity contribution in [3.63, 3.8) is 0 Å². The Bertz CT molecular complexity index is 1370. The highest BCUT2D eigenvalue weighted by atomic mass is 16.5. The molecule has 0 amide bonds. The van der Waals surface area contributed by atoms with Gasteiger partial charge >= 0.3 is 0 Å². The molecule has 1 aromatic heterocycles. The molecule has 1 aromatic carbocycles. The summed E-state index contributed by atoms with van der Waals surface area (Å²) in [7, 11) is 4.03. The molecular weight excluding hydrogens is 448 g/mol. The minimum Gasteiger partial charge on any atom is -0.390 e. The van der Waals surface area contributed by atoms with Gasteiger partial charge in [-0.2, -0.15) is 0 Å². The molecule has 9 atom stereocenters. The van der Waals surface area contributed by atoms with Crippen molar-refractivity contribution in [1.82, 2.24) is 9.88 Å². The summed E-state index contributed by atoms with van der Waals surface area (Å²) in [5.41, 5.74) is 3.37. The van der Waals surface area contributed by atoms with Gasteiger partial charge in [0.2, 0.25) is 0 Å². The van der Waals surface area contributed by atoms with Crippen LogP contribution in [0, 0.1) is 22.7 Å². The first kappa shape index (κ1) is 22.0. The summed E-state index contributed by atoms with van der Waals surface area (Å²) in [6.07, 6.45) is 13.2. The summed E-state index contributed by atoms with van der Waals surface area (Å²) in [5.74, 6) is 0.760. The number of aromatic nitrogens is 1. The monoisotopic (exact) mass is 484 g/mol. The summed E-state index contributed by atoms with van der Waals surface area (Å²) in [4.78, 5) is 6.37.